The van der Waals surface area contributed by atoms with Gasteiger partial charge in [0.05, 0.1) is 11.3 Å². The van der Waals surface area contributed by atoms with E-state index in [1.165, 1.54) is 0 Å². The van der Waals surface area contributed by atoms with Gasteiger partial charge in [-0.05, 0) is 44.0 Å². The molecule has 5 nitrogen and oxygen atoms in total. The summed E-state index contributed by atoms with van der Waals surface area (Å²) in [6.45, 7) is 5.54. The van der Waals surface area contributed by atoms with E-state index >= 15 is 0 Å². The minimum atomic E-state index is -0.628. The molecule has 1 aliphatic rings. The predicted molar refractivity (Wildman–Crippen MR) is 89.0 cm³/mol. The summed E-state index contributed by atoms with van der Waals surface area (Å²) in [5.74, 6) is -0.0734. The predicted octanol–water partition coefficient (Wildman–Crippen LogP) is 3.28. The minimum absolute atomic E-state index is 0.218. The van der Waals surface area contributed by atoms with Crippen LogP contribution in [0.2, 0.25) is 0 Å². The Hall–Kier alpha value is -2.82. The number of aryl methyl sites for hydroxylation is 2. The third-order valence-corrected chi connectivity index (χ3v) is 3.90. The number of hydrogen-bond donors (Lipinski definition) is 2. The molecule has 0 radical (unpaired) electrons. The molecular weight excluding hydrogens is 292 g/mol. The van der Waals surface area contributed by atoms with Crippen molar-refractivity contribution in [3.05, 3.63) is 53.1 Å². The number of ether oxygens (including phenoxy) is 1. The highest BCUT2D eigenvalue weighted by atomic mass is 16.5. The molecule has 3 rings (SSSR count). The molecule has 2 aromatic rings. The second-order valence-electron chi connectivity index (χ2n) is 5.65. The first kappa shape index (κ1) is 15.1. The summed E-state index contributed by atoms with van der Waals surface area (Å²) in [6, 6.07) is 11.0. The number of fused-ring (bicyclic) bond motifs is 1. The van der Waals surface area contributed by atoms with Crippen LogP contribution in [0.1, 0.15) is 28.4 Å². The van der Waals surface area contributed by atoms with Gasteiger partial charge in [0, 0.05) is 5.69 Å². The van der Waals surface area contributed by atoms with Crippen molar-refractivity contribution in [1.29, 1.82) is 0 Å². The Kier molecular flexibility index (Phi) is 3.78. The molecule has 0 aliphatic carbocycles. The van der Waals surface area contributed by atoms with E-state index in [-0.39, 0.29) is 11.8 Å². The van der Waals surface area contributed by atoms with Crippen LogP contribution in [0.5, 0.6) is 5.75 Å². The maximum Gasteiger partial charge on any atom is 0.265 e. The molecule has 0 aromatic heterocycles. The van der Waals surface area contributed by atoms with Gasteiger partial charge in [-0.3, -0.25) is 9.59 Å². The normalized spacial score (nSPS) is 16.1. The summed E-state index contributed by atoms with van der Waals surface area (Å²) in [5.41, 5.74) is 3.69. The van der Waals surface area contributed by atoms with Crippen LogP contribution in [0.4, 0.5) is 11.4 Å². The van der Waals surface area contributed by atoms with Gasteiger partial charge in [-0.25, -0.2) is 0 Å². The van der Waals surface area contributed by atoms with E-state index in [9.17, 15) is 9.59 Å². The van der Waals surface area contributed by atoms with E-state index in [1.54, 1.807) is 25.1 Å². The van der Waals surface area contributed by atoms with Gasteiger partial charge in [-0.1, -0.05) is 24.3 Å². The van der Waals surface area contributed by atoms with Gasteiger partial charge in [0.25, 0.3) is 11.8 Å². The molecule has 2 N–H and O–H groups in total. The number of rotatable bonds is 2. The summed E-state index contributed by atoms with van der Waals surface area (Å²) in [7, 11) is 0. The molecule has 1 aliphatic heterocycles. The SMILES string of the molecule is Cc1cccc(C)c1NC(=O)c1cccc2c1OC(C)C(=O)N2. The topological polar surface area (TPSA) is 67.4 Å². The van der Waals surface area contributed by atoms with Crippen molar-refractivity contribution >= 4 is 23.2 Å². The summed E-state index contributed by atoms with van der Waals surface area (Å²) in [4.78, 5) is 24.4. The minimum Gasteiger partial charge on any atom is -0.478 e. The highest BCUT2D eigenvalue weighted by molar-refractivity contribution is 6.09. The van der Waals surface area contributed by atoms with Crippen LogP contribution >= 0.6 is 0 Å². The second kappa shape index (κ2) is 5.76. The molecule has 1 unspecified atom stereocenters. The zero-order chi connectivity index (χ0) is 16.6. The standard InChI is InChI=1S/C18H18N2O3/c1-10-6-4-7-11(2)15(10)20-18(22)13-8-5-9-14-16(13)23-12(3)17(21)19-14/h4-9,12H,1-3H3,(H,19,21)(H,20,22). The van der Waals surface area contributed by atoms with Crippen LogP contribution in [0, 0.1) is 13.8 Å². The highest BCUT2D eigenvalue weighted by Crippen LogP contribution is 2.34. The van der Waals surface area contributed by atoms with Gasteiger partial charge in [0.1, 0.15) is 0 Å². The van der Waals surface area contributed by atoms with Crippen molar-refractivity contribution in [1.82, 2.24) is 0 Å². The fourth-order valence-corrected chi connectivity index (χ4v) is 2.60. The van der Waals surface area contributed by atoms with Crippen LogP contribution in [-0.4, -0.2) is 17.9 Å². The van der Waals surface area contributed by atoms with Crippen LogP contribution in [0.3, 0.4) is 0 Å². The van der Waals surface area contributed by atoms with Crippen LogP contribution < -0.4 is 15.4 Å². The Morgan fingerprint density at radius 1 is 1.13 bits per heavy atom. The quantitative estimate of drug-likeness (QED) is 0.894. The molecule has 0 spiro atoms. The molecule has 118 valence electrons. The maximum atomic E-state index is 12.7. The number of carbonyl (C=O) groups is 2. The Morgan fingerprint density at radius 2 is 1.78 bits per heavy atom. The van der Waals surface area contributed by atoms with Gasteiger partial charge in [0.15, 0.2) is 11.9 Å². The van der Waals surface area contributed by atoms with Crippen LogP contribution in [0.15, 0.2) is 36.4 Å². The number of benzene rings is 2. The van der Waals surface area contributed by atoms with Gasteiger partial charge in [-0.15, -0.1) is 0 Å². The molecule has 2 aromatic carbocycles. The van der Waals surface area contributed by atoms with Crippen molar-refractivity contribution in [3.8, 4) is 5.75 Å². The molecule has 0 saturated carbocycles. The fraction of sp³-hybridized carbons (Fsp3) is 0.222. The van der Waals surface area contributed by atoms with E-state index in [1.807, 2.05) is 32.0 Å². The molecule has 0 bridgehead atoms. The summed E-state index contributed by atoms with van der Waals surface area (Å²) in [6.07, 6.45) is -0.628. The molecule has 5 heteroatoms. The van der Waals surface area contributed by atoms with Gasteiger partial charge in [-0.2, -0.15) is 0 Å². The van der Waals surface area contributed by atoms with Crippen molar-refractivity contribution in [2.45, 2.75) is 26.9 Å². The number of nitrogens with one attached hydrogen (secondary N) is 2. The lowest BCUT2D eigenvalue weighted by Gasteiger charge is -2.25. The Morgan fingerprint density at radius 3 is 2.48 bits per heavy atom. The molecule has 1 heterocycles. The van der Waals surface area contributed by atoms with Crippen molar-refractivity contribution in [2.75, 3.05) is 10.6 Å². The highest BCUT2D eigenvalue weighted by Gasteiger charge is 2.27. The van der Waals surface area contributed by atoms with Crippen LogP contribution in [-0.2, 0) is 4.79 Å². The lowest BCUT2D eigenvalue weighted by atomic mass is 10.1. The Labute approximate surface area is 134 Å². The number of para-hydroxylation sites is 2. The lowest BCUT2D eigenvalue weighted by molar-refractivity contribution is -0.122. The van der Waals surface area contributed by atoms with E-state index in [2.05, 4.69) is 10.6 Å². The van der Waals surface area contributed by atoms with Gasteiger partial charge in [0.2, 0.25) is 0 Å². The number of amides is 2. The molecule has 2 amide bonds. The molecule has 1 atom stereocenters. The van der Waals surface area contributed by atoms with Crippen molar-refractivity contribution in [2.24, 2.45) is 0 Å². The van der Waals surface area contributed by atoms with E-state index in [4.69, 9.17) is 4.74 Å². The lowest BCUT2D eigenvalue weighted by Crippen LogP contribution is -2.35. The second-order valence-corrected chi connectivity index (χ2v) is 5.65. The summed E-state index contributed by atoms with van der Waals surface area (Å²) in [5, 5.41) is 5.69. The zero-order valence-corrected chi connectivity index (χ0v) is 13.3. The number of anilines is 2. The molecule has 0 saturated heterocycles. The monoisotopic (exact) mass is 310 g/mol. The molecule has 23 heavy (non-hydrogen) atoms. The van der Waals surface area contributed by atoms with Crippen LogP contribution in [0.25, 0.3) is 0 Å². The maximum absolute atomic E-state index is 12.7. The van der Waals surface area contributed by atoms with E-state index in [0.29, 0.717) is 17.0 Å². The van der Waals surface area contributed by atoms with Crippen molar-refractivity contribution < 1.29 is 14.3 Å². The van der Waals surface area contributed by atoms with Gasteiger partial charge < -0.3 is 15.4 Å². The third kappa shape index (κ3) is 2.77. The summed E-state index contributed by atoms with van der Waals surface area (Å²) >= 11 is 0. The largest absolute Gasteiger partial charge is 0.478 e. The van der Waals surface area contributed by atoms with Crippen molar-refractivity contribution in [3.63, 3.8) is 0 Å². The van der Waals surface area contributed by atoms with Gasteiger partial charge >= 0.3 is 0 Å². The molecular formula is C18H18N2O3. The number of hydrogen-bond acceptors (Lipinski definition) is 3. The number of carbonyl (C=O) groups excluding carboxylic acids is 2. The Balaban J connectivity index is 1.95. The molecule has 0 fully saturated rings. The fourth-order valence-electron chi connectivity index (χ4n) is 2.60. The first-order valence-corrected chi connectivity index (χ1v) is 7.45. The first-order chi connectivity index (χ1) is 11.0. The third-order valence-electron chi connectivity index (χ3n) is 3.90. The first-order valence-electron chi connectivity index (χ1n) is 7.45. The zero-order valence-electron chi connectivity index (χ0n) is 13.3. The Bertz CT molecular complexity index is 779. The summed E-state index contributed by atoms with van der Waals surface area (Å²) < 4.78 is 5.62. The van der Waals surface area contributed by atoms with E-state index < -0.39 is 6.10 Å². The average molecular weight is 310 g/mol. The average Bonchev–Trinajstić information content (AvgIpc) is 2.51. The smallest absolute Gasteiger partial charge is 0.265 e. The van der Waals surface area contributed by atoms with E-state index in [0.717, 1.165) is 16.8 Å².